The van der Waals surface area contributed by atoms with E-state index in [0.717, 1.165) is 6.26 Å². The zero-order valence-electron chi connectivity index (χ0n) is 11.9. The summed E-state index contributed by atoms with van der Waals surface area (Å²) >= 11 is 0. The van der Waals surface area contributed by atoms with E-state index in [1.54, 1.807) is 61.6 Å². The lowest BCUT2D eigenvalue weighted by Crippen LogP contribution is -2.22. The number of anilines is 1. The largest absolute Gasteiger partial charge is 0.388 e. The minimum Gasteiger partial charge on any atom is -0.388 e. The lowest BCUT2D eigenvalue weighted by atomic mass is 10.0. The van der Waals surface area contributed by atoms with Crippen molar-refractivity contribution in [3.05, 3.63) is 65.7 Å². The number of para-hydroxylation sites is 1. The molecule has 2 aromatic carbocycles. The molecule has 110 valence electrons. The Kier molecular flexibility index (Phi) is 4.43. The number of hydrogen-bond acceptors (Lipinski definition) is 4. The highest BCUT2D eigenvalue weighted by atomic mass is 32.2. The van der Waals surface area contributed by atoms with Gasteiger partial charge in [0.1, 0.15) is 5.25 Å². The SMILES string of the molecule is CNc1ccccc1C(=O)C(c1ccccc1)S(C)(=O)=O. The van der Waals surface area contributed by atoms with E-state index in [9.17, 15) is 13.2 Å². The molecule has 0 aliphatic carbocycles. The van der Waals surface area contributed by atoms with E-state index in [1.807, 2.05) is 0 Å². The van der Waals surface area contributed by atoms with Gasteiger partial charge in [-0.1, -0.05) is 42.5 Å². The van der Waals surface area contributed by atoms with E-state index in [-0.39, 0.29) is 0 Å². The van der Waals surface area contributed by atoms with Crippen LogP contribution in [-0.4, -0.2) is 27.5 Å². The lowest BCUT2D eigenvalue weighted by molar-refractivity contribution is 0.0988. The number of nitrogens with one attached hydrogen (secondary N) is 1. The molecule has 0 saturated carbocycles. The monoisotopic (exact) mass is 303 g/mol. The van der Waals surface area contributed by atoms with Crippen LogP contribution >= 0.6 is 0 Å². The maximum Gasteiger partial charge on any atom is 0.187 e. The van der Waals surface area contributed by atoms with Crippen molar-refractivity contribution in [1.82, 2.24) is 0 Å². The van der Waals surface area contributed by atoms with E-state index in [1.165, 1.54) is 0 Å². The average Bonchev–Trinajstić information content (AvgIpc) is 2.47. The van der Waals surface area contributed by atoms with Crippen LogP contribution in [0.1, 0.15) is 21.2 Å². The molecule has 0 fully saturated rings. The van der Waals surface area contributed by atoms with Crippen molar-refractivity contribution < 1.29 is 13.2 Å². The van der Waals surface area contributed by atoms with Crippen LogP contribution in [0.3, 0.4) is 0 Å². The van der Waals surface area contributed by atoms with Crippen LogP contribution in [0.5, 0.6) is 0 Å². The third-order valence-electron chi connectivity index (χ3n) is 3.23. The van der Waals surface area contributed by atoms with Gasteiger partial charge in [0, 0.05) is 24.6 Å². The Morgan fingerprint density at radius 3 is 2.14 bits per heavy atom. The van der Waals surface area contributed by atoms with Gasteiger partial charge in [-0.05, 0) is 17.7 Å². The molecule has 2 rings (SSSR count). The number of carbonyl (C=O) groups is 1. The standard InChI is InChI=1S/C16H17NO3S/c1-17-14-11-7-6-10-13(14)15(18)16(21(2,19)20)12-8-4-3-5-9-12/h3-11,16-17H,1-2H3. The van der Waals surface area contributed by atoms with Gasteiger partial charge in [0.25, 0.3) is 0 Å². The van der Waals surface area contributed by atoms with E-state index in [4.69, 9.17) is 0 Å². The lowest BCUT2D eigenvalue weighted by Gasteiger charge is -2.16. The predicted molar refractivity (Wildman–Crippen MR) is 84.3 cm³/mol. The second-order valence-corrected chi connectivity index (χ2v) is 6.91. The highest BCUT2D eigenvalue weighted by molar-refractivity contribution is 7.91. The second-order valence-electron chi connectivity index (χ2n) is 4.78. The van der Waals surface area contributed by atoms with Gasteiger partial charge in [-0.15, -0.1) is 0 Å². The number of benzene rings is 2. The summed E-state index contributed by atoms with van der Waals surface area (Å²) in [6, 6.07) is 15.5. The molecule has 1 unspecified atom stereocenters. The molecule has 0 bridgehead atoms. The fourth-order valence-corrected chi connectivity index (χ4v) is 3.45. The molecule has 0 amide bonds. The van der Waals surface area contributed by atoms with Crippen LogP contribution < -0.4 is 5.32 Å². The first-order valence-corrected chi connectivity index (χ1v) is 8.45. The van der Waals surface area contributed by atoms with Gasteiger partial charge >= 0.3 is 0 Å². The van der Waals surface area contributed by atoms with E-state index < -0.39 is 20.9 Å². The van der Waals surface area contributed by atoms with Gasteiger partial charge in [-0.25, -0.2) is 8.42 Å². The van der Waals surface area contributed by atoms with E-state index in [2.05, 4.69) is 5.32 Å². The number of hydrogen-bond donors (Lipinski definition) is 1. The number of Topliss-reactive ketones (excluding diaryl/α,β-unsaturated/α-hetero) is 1. The Balaban J connectivity index is 2.55. The zero-order chi connectivity index (χ0) is 15.5. The molecule has 0 heterocycles. The molecule has 1 atom stereocenters. The predicted octanol–water partition coefficient (Wildman–Crippen LogP) is 2.70. The molecule has 5 heteroatoms. The number of rotatable bonds is 5. The molecule has 21 heavy (non-hydrogen) atoms. The molecule has 2 aromatic rings. The van der Waals surface area contributed by atoms with Gasteiger partial charge < -0.3 is 5.32 Å². The fourth-order valence-electron chi connectivity index (χ4n) is 2.28. The minimum atomic E-state index is -3.57. The molecular formula is C16H17NO3S. The second kappa shape index (κ2) is 6.10. The van der Waals surface area contributed by atoms with E-state index >= 15 is 0 Å². The molecule has 0 aromatic heterocycles. The van der Waals surface area contributed by atoms with Crippen molar-refractivity contribution in [2.24, 2.45) is 0 Å². The van der Waals surface area contributed by atoms with Crippen LogP contribution in [0, 0.1) is 0 Å². The topological polar surface area (TPSA) is 63.2 Å². The maximum atomic E-state index is 12.8. The van der Waals surface area contributed by atoms with Crippen molar-refractivity contribution in [1.29, 1.82) is 0 Å². The van der Waals surface area contributed by atoms with Crippen molar-refractivity contribution in [2.45, 2.75) is 5.25 Å². The summed E-state index contributed by atoms with van der Waals surface area (Å²) in [7, 11) is -1.87. The molecule has 0 radical (unpaired) electrons. The minimum absolute atomic E-state index is 0.374. The third kappa shape index (κ3) is 3.31. The molecule has 0 saturated heterocycles. The van der Waals surface area contributed by atoms with Gasteiger partial charge in [0.15, 0.2) is 15.6 Å². The highest BCUT2D eigenvalue weighted by Crippen LogP contribution is 2.29. The number of carbonyl (C=O) groups excluding carboxylic acids is 1. The van der Waals surface area contributed by atoms with Gasteiger partial charge in [0.2, 0.25) is 0 Å². The summed E-state index contributed by atoms with van der Waals surface area (Å²) in [4.78, 5) is 12.8. The van der Waals surface area contributed by atoms with Crippen LogP contribution in [0.2, 0.25) is 0 Å². The summed E-state index contributed by atoms with van der Waals surface area (Å²) in [5.74, 6) is -0.423. The summed E-state index contributed by atoms with van der Waals surface area (Å²) in [6.07, 6.45) is 1.09. The molecule has 0 aliphatic heterocycles. The Bertz CT molecular complexity index is 739. The van der Waals surface area contributed by atoms with Crippen LogP contribution in [0.4, 0.5) is 5.69 Å². The maximum absolute atomic E-state index is 12.8. The normalized spacial score (nSPS) is 12.7. The average molecular weight is 303 g/mol. The van der Waals surface area contributed by atoms with E-state index in [0.29, 0.717) is 16.8 Å². The summed E-state index contributed by atoms with van der Waals surface area (Å²) in [5.41, 5.74) is 1.47. The highest BCUT2D eigenvalue weighted by Gasteiger charge is 2.32. The first kappa shape index (κ1) is 15.3. The quantitative estimate of drug-likeness (QED) is 0.863. The molecule has 4 nitrogen and oxygen atoms in total. The van der Waals surface area contributed by atoms with Gasteiger partial charge in [-0.3, -0.25) is 4.79 Å². The number of sulfone groups is 1. The Morgan fingerprint density at radius 1 is 1.00 bits per heavy atom. The molecular weight excluding hydrogens is 286 g/mol. The van der Waals surface area contributed by atoms with Crippen molar-refractivity contribution in [3.63, 3.8) is 0 Å². The van der Waals surface area contributed by atoms with Crippen LogP contribution in [-0.2, 0) is 9.84 Å². The molecule has 1 N–H and O–H groups in total. The van der Waals surface area contributed by atoms with Crippen LogP contribution in [0.25, 0.3) is 0 Å². The van der Waals surface area contributed by atoms with Crippen molar-refractivity contribution in [3.8, 4) is 0 Å². The van der Waals surface area contributed by atoms with Crippen LogP contribution in [0.15, 0.2) is 54.6 Å². The summed E-state index contributed by atoms with van der Waals surface area (Å²) in [5, 5.41) is 1.73. The van der Waals surface area contributed by atoms with Crippen molar-refractivity contribution in [2.75, 3.05) is 18.6 Å². The van der Waals surface area contributed by atoms with Crippen molar-refractivity contribution >= 4 is 21.3 Å². The summed E-state index contributed by atoms with van der Waals surface area (Å²) < 4.78 is 24.2. The smallest absolute Gasteiger partial charge is 0.187 e. The zero-order valence-corrected chi connectivity index (χ0v) is 12.7. The Hall–Kier alpha value is -2.14. The first-order chi connectivity index (χ1) is 9.95. The summed E-state index contributed by atoms with van der Waals surface area (Å²) in [6.45, 7) is 0. The molecule has 0 spiro atoms. The number of ketones is 1. The molecule has 0 aliphatic rings. The fraction of sp³-hybridized carbons (Fsp3) is 0.188. The third-order valence-corrected chi connectivity index (χ3v) is 4.57. The Morgan fingerprint density at radius 2 is 1.57 bits per heavy atom. The van der Waals surface area contributed by atoms with Gasteiger partial charge in [0.05, 0.1) is 0 Å². The first-order valence-electron chi connectivity index (χ1n) is 6.50. The van der Waals surface area contributed by atoms with Gasteiger partial charge in [-0.2, -0.15) is 0 Å². The Labute approximate surface area is 124 Å².